The van der Waals surface area contributed by atoms with Crippen LogP contribution in [0.1, 0.15) is 18.4 Å². The second kappa shape index (κ2) is 7.09. The van der Waals surface area contributed by atoms with E-state index in [1.165, 1.54) is 0 Å². The minimum absolute atomic E-state index is 0.0469. The average molecular weight is 287 g/mol. The number of nitriles is 1. The third-order valence-electron chi connectivity index (χ3n) is 3.77. The molecule has 1 amide bonds. The zero-order chi connectivity index (χ0) is 15.2. The fourth-order valence-corrected chi connectivity index (χ4v) is 2.53. The number of piperidine rings is 1. The second-order valence-electron chi connectivity index (χ2n) is 5.43. The summed E-state index contributed by atoms with van der Waals surface area (Å²) in [5.41, 5.74) is 1.77. The summed E-state index contributed by atoms with van der Waals surface area (Å²) in [6.07, 6.45) is 1.69. The Morgan fingerprint density at radius 2 is 2.19 bits per heavy atom. The number of nitrogens with one attached hydrogen (secondary N) is 1. The topological polar surface area (TPSA) is 65.4 Å². The van der Waals surface area contributed by atoms with Crippen molar-refractivity contribution in [1.82, 2.24) is 4.90 Å². The van der Waals surface area contributed by atoms with E-state index in [4.69, 9.17) is 10.00 Å². The van der Waals surface area contributed by atoms with Gasteiger partial charge < -0.3 is 10.1 Å². The van der Waals surface area contributed by atoms with Crippen LogP contribution < -0.4 is 10.1 Å². The van der Waals surface area contributed by atoms with Crippen molar-refractivity contribution in [3.05, 3.63) is 23.8 Å². The molecule has 112 valence electrons. The molecule has 1 aliphatic heterocycles. The van der Waals surface area contributed by atoms with Crippen LogP contribution in [0.4, 0.5) is 5.69 Å². The van der Waals surface area contributed by atoms with E-state index < -0.39 is 0 Å². The zero-order valence-corrected chi connectivity index (χ0v) is 12.6. The van der Waals surface area contributed by atoms with Crippen LogP contribution in [0.25, 0.3) is 0 Å². The first-order valence-electron chi connectivity index (χ1n) is 7.19. The SMILES string of the molecule is COc1ccc(C)cc1NC(=O)CN1CCC(C#N)CC1. The molecule has 1 aromatic carbocycles. The predicted octanol–water partition coefficient (Wildman–Crippen LogP) is 2.18. The van der Waals surface area contributed by atoms with E-state index in [2.05, 4.69) is 16.3 Å². The predicted molar refractivity (Wildman–Crippen MR) is 81.1 cm³/mol. The first-order valence-corrected chi connectivity index (χ1v) is 7.19. The smallest absolute Gasteiger partial charge is 0.238 e. The molecular formula is C16H21N3O2. The third kappa shape index (κ3) is 4.20. The molecular weight excluding hydrogens is 266 g/mol. The molecule has 0 saturated carbocycles. The first kappa shape index (κ1) is 15.3. The summed E-state index contributed by atoms with van der Waals surface area (Å²) in [7, 11) is 1.59. The lowest BCUT2D eigenvalue weighted by Crippen LogP contribution is -2.39. The maximum atomic E-state index is 12.1. The van der Waals surface area contributed by atoms with Gasteiger partial charge in [-0.05, 0) is 50.6 Å². The van der Waals surface area contributed by atoms with E-state index in [0.29, 0.717) is 18.0 Å². The first-order chi connectivity index (χ1) is 10.1. The highest BCUT2D eigenvalue weighted by Gasteiger charge is 2.20. The number of hydrogen-bond donors (Lipinski definition) is 1. The molecule has 1 heterocycles. The minimum Gasteiger partial charge on any atom is -0.495 e. The van der Waals surface area contributed by atoms with Gasteiger partial charge in [-0.3, -0.25) is 9.69 Å². The van der Waals surface area contributed by atoms with E-state index in [9.17, 15) is 4.79 Å². The molecule has 5 heteroatoms. The molecule has 0 bridgehead atoms. The number of ether oxygens (including phenoxy) is 1. The van der Waals surface area contributed by atoms with Gasteiger partial charge in [0.1, 0.15) is 5.75 Å². The van der Waals surface area contributed by atoms with E-state index in [1.807, 2.05) is 25.1 Å². The molecule has 1 N–H and O–H groups in total. The van der Waals surface area contributed by atoms with Crippen LogP contribution in [-0.4, -0.2) is 37.6 Å². The van der Waals surface area contributed by atoms with E-state index in [0.717, 1.165) is 31.5 Å². The molecule has 1 saturated heterocycles. The van der Waals surface area contributed by atoms with Crippen LogP contribution >= 0.6 is 0 Å². The van der Waals surface area contributed by atoms with Crippen LogP contribution in [0.2, 0.25) is 0 Å². The van der Waals surface area contributed by atoms with E-state index in [-0.39, 0.29) is 11.8 Å². The molecule has 2 rings (SSSR count). The summed E-state index contributed by atoms with van der Waals surface area (Å²) < 4.78 is 5.26. The molecule has 0 aromatic heterocycles. The fourth-order valence-electron chi connectivity index (χ4n) is 2.53. The van der Waals surface area contributed by atoms with Crippen molar-refractivity contribution in [2.75, 3.05) is 32.1 Å². The summed E-state index contributed by atoms with van der Waals surface area (Å²) in [5.74, 6) is 0.757. The van der Waals surface area contributed by atoms with Crippen molar-refractivity contribution < 1.29 is 9.53 Å². The summed E-state index contributed by atoms with van der Waals surface area (Å²) in [4.78, 5) is 14.2. The standard InChI is InChI=1S/C16H21N3O2/c1-12-3-4-15(21-2)14(9-12)18-16(20)11-19-7-5-13(10-17)6-8-19/h3-4,9,13H,5-8,11H2,1-2H3,(H,18,20). The summed E-state index contributed by atoms with van der Waals surface area (Å²) in [6.45, 7) is 3.93. The molecule has 0 radical (unpaired) electrons. The lowest BCUT2D eigenvalue weighted by molar-refractivity contribution is -0.117. The zero-order valence-electron chi connectivity index (χ0n) is 12.6. The number of carbonyl (C=O) groups excluding carboxylic acids is 1. The quantitative estimate of drug-likeness (QED) is 0.921. The number of aryl methyl sites for hydroxylation is 1. The number of methoxy groups -OCH3 is 1. The maximum Gasteiger partial charge on any atom is 0.238 e. The highest BCUT2D eigenvalue weighted by atomic mass is 16.5. The van der Waals surface area contributed by atoms with Gasteiger partial charge in [-0.25, -0.2) is 0 Å². The fraction of sp³-hybridized carbons (Fsp3) is 0.500. The Balaban J connectivity index is 1.91. The van der Waals surface area contributed by atoms with E-state index >= 15 is 0 Å². The van der Waals surface area contributed by atoms with Crippen molar-refractivity contribution in [3.8, 4) is 11.8 Å². The number of amides is 1. The van der Waals surface area contributed by atoms with Gasteiger partial charge in [0.15, 0.2) is 0 Å². The van der Waals surface area contributed by atoms with Crippen molar-refractivity contribution in [3.63, 3.8) is 0 Å². The normalized spacial score (nSPS) is 16.2. The number of nitrogens with zero attached hydrogens (tertiary/aromatic N) is 2. The van der Waals surface area contributed by atoms with Gasteiger partial charge in [-0.2, -0.15) is 5.26 Å². The molecule has 0 atom stereocenters. The Morgan fingerprint density at radius 1 is 1.48 bits per heavy atom. The minimum atomic E-state index is -0.0469. The Morgan fingerprint density at radius 3 is 2.81 bits per heavy atom. The molecule has 5 nitrogen and oxygen atoms in total. The van der Waals surface area contributed by atoms with Gasteiger partial charge in [0.2, 0.25) is 5.91 Å². The van der Waals surface area contributed by atoms with Gasteiger partial charge in [0.05, 0.1) is 25.4 Å². The molecule has 0 aliphatic carbocycles. The van der Waals surface area contributed by atoms with Crippen LogP contribution in [0.3, 0.4) is 0 Å². The van der Waals surface area contributed by atoms with Gasteiger partial charge in [0, 0.05) is 5.92 Å². The number of carbonyl (C=O) groups is 1. The highest BCUT2D eigenvalue weighted by molar-refractivity contribution is 5.93. The largest absolute Gasteiger partial charge is 0.495 e. The molecule has 1 fully saturated rings. The van der Waals surface area contributed by atoms with Crippen molar-refractivity contribution in [2.24, 2.45) is 5.92 Å². The van der Waals surface area contributed by atoms with Crippen molar-refractivity contribution >= 4 is 11.6 Å². The van der Waals surface area contributed by atoms with Gasteiger partial charge >= 0.3 is 0 Å². The Labute approximate surface area is 125 Å². The number of benzene rings is 1. The van der Waals surface area contributed by atoms with Crippen LogP contribution in [0.5, 0.6) is 5.75 Å². The van der Waals surface area contributed by atoms with Crippen LogP contribution in [-0.2, 0) is 4.79 Å². The van der Waals surface area contributed by atoms with Crippen molar-refractivity contribution in [1.29, 1.82) is 5.26 Å². The Kier molecular flexibility index (Phi) is 5.18. The van der Waals surface area contributed by atoms with Gasteiger partial charge in [-0.15, -0.1) is 0 Å². The average Bonchev–Trinajstić information content (AvgIpc) is 2.48. The summed E-state index contributed by atoms with van der Waals surface area (Å²) in [5, 5.41) is 11.8. The Hall–Kier alpha value is -2.06. The summed E-state index contributed by atoms with van der Waals surface area (Å²) in [6, 6.07) is 7.99. The lowest BCUT2D eigenvalue weighted by Gasteiger charge is -2.28. The van der Waals surface area contributed by atoms with Gasteiger partial charge in [-0.1, -0.05) is 6.07 Å². The van der Waals surface area contributed by atoms with Gasteiger partial charge in [0.25, 0.3) is 0 Å². The third-order valence-corrected chi connectivity index (χ3v) is 3.77. The van der Waals surface area contributed by atoms with Crippen LogP contribution in [0.15, 0.2) is 18.2 Å². The highest BCUT2D eigenvalue weighted by Crippen LogP contribution is 2.25. The molecule has 1 aromatic rings. The number of hydrogen-bond acceptors (Lipinski definition) is 4. The van der Waals surface area contributed by atoms with E-state index in [1.54, 1.807) is 7.11 Å². The number of anilines is 1. The lowest BCUT2D eigenvalue weighted by atomic mass is 9.99. The molecule has 1 aliphatic rings. The second-order valence-corrected chi connectivity index (χ2v) is 5.43. The van der Waals surface area contributed by atoms with Crippen molar-refractivity contribution in [2.45, 2.75) is 19.8 Å². The number of rotatable bonds is 4. The monoisotopic (exact) mass is 287 g/mol. The molecule has 0 unspecified atom stereocenters. The molecule has 21 heavy (non-hydrogen) atoms. The Bertz CT molecular complexity index is 543. The number of likely N-dealkylation sites (tertiary alicyclic amines) is 1. The maximum absolute atomic E-state index is 12.1. The molecule has 0 spiro atoms. The van der Waals surface area contributed by atoms with Crippen LogP contribution in [0, 0.1) is 24.2 Å². The summed E-state index contributed by atoms with van der Waals surface area (Å²) >= 11 is 0.